The van der Waals surface area contributed by atoms with Gasteiger partial charge in [0.2, 0.25) is 5.91 Å². The van der Waals surface area contributed by atoms with Crippen LogP contribution in [0, 0.1) is 0 Å². The summed E-state index contributed by atoms with van der Waals surface area (Å²) in [6, 6.07) is 7.92. The van der Waals surface area contributed by atoms with Gasteiger partial charge < -0.3 is 11.1 Å². The summed E-state index contributed by atoms with van der Waals surface area (Å²) >= 11 is 0. The summed E-state index contributed by atoms with van der Waals surface area (Å²) in [7, 11) is 0. The van der Waals surface area contributed by atoms with E-state index in [4.69, 9.17) is 5.73 Å². The minimum absolute atomic E-state index is 0.123. The number of nitrogens with one attached hydrogen (secondary N) is 1. The zero-order valence-corrected chi connectivity index (χ0v) is 11.8. The van der Waals surface area contributed by atoms with Gasteiger partial charge >= 0.3 is 0 Å². The molecular weight excluding hydrogens is 224 g/mol. The van der Waals surface area contributed by atoms with Crippen molar-refractivity contribution in [3.05, 3.63) is 29.8 Å². The average molecular weight is 248 g/mol. The Hall–Kier alpha value is -1.35. The topological polar surface area (TPSA) is 55.1 Å². The molecule has 100 valence electrons. The van der Waals surface area contributed by atoms with Gasteiger partial charge in [0.05, 0.1) is 5.54 Å². The van der Waals surface area contributed by atoms with Gasteiger partial charge in [-0.05, 0) is 37.0 Å². The van der Waals surface area contributed by atoms with E-state index in [-0.39, 0.29) is 5.91 Å². The van der Waals surface area contributed by atoms with Gasteiger partial charge in [-0.2, -0.15) is 0 Å². The van der Waals surface area contributed by atoms with Crippen molar-refractivity contribution >= 4 is 11.6 Å². The number of nitrogens with two attached hydrogens (primary N) is 1. The van der Waals surface area contributed by atoms with E-state index in [1.54, 1.807) is 6.92 Å². The summed E-state index contributed by atoms with van der Waals surface area (Å²) in [6.45, 7) is 8.09. The van der Waals surface area contributed by atoms with E-state index < -0.39 is 5.54 Å². The minimum atomic E-state index is -0.800. The van der Waals surface area contributed by atoms with E-state index in [0.29, 0.717) is 12.3 Å². The van der Waals surface area contributed by atoms with Crippen LogP contribution in [0.3, 0.4) is 0 Å². The van der Waals surface area contributed by atoms with Gasteiger partial charge in [0.25, 0.3) is 0 Å². The molecule has 0 fully saturated rings. The Balaban J connectivity index is 2.70. The maximum atomic E-state index is 12.0. The maximum Gasteiger partial charge on any atom is 0.244 e. The van der Waals surface area contributed by atoms with Gasteiger partial charge in [0.1, 0.15) is 0 Å². The summed E-state index contributed by atoms with van der Waals surface area (Å²) in [6.07, 6.45) is 1.58. The highest BCUT2D eigenvalue weighted by atomic mass is 16.2. The largest absolute Gasteiger partial charge is 0.325 e. The van der Waals surface area contributed by atoms with Crippen LogP contribution >= 0.6 is 0 Å². The number of benzene rings is 1. The van der Waals surface area contributed by atoms with Crippen LogP contribution in [0.25, 0.3) is 0 Å². The molecule has 0 saturated carbocycles. The second-order valence-corrected chi connectivity index (χ2v) is 5.40. The molecule has 3 N–H and O–H groups in total. The Kier molecular flexibility index (Phi) is 4.91. The normalized spacial score (nSPS) is 14.3. The van der Waals surface area contributed by atoms with Crippen LogP contribution < -0.4 is 11.1 Å². The van der Waals surface area contributed by atoms with E-state index in [0.717, 1.165) is 12.1 Å². The number of carbonyl (C=O) groups is 1. The smallest absolute Gasteiger partial charge is 0.244 e. The van der Waals surface area contributed by atoms with E-state index in [1.165, 1.54) is 5.56 Å². The van der Waals surface area contributed by atoms with Gasteiger partial charge in [0, 0.05) is 5.69 Å². The molecule has 1 aromatic rings. The molecule has 0 bridgehead atoms. The molecule has 1 aromatic carbocycles. The second kappa shape index (κ2) is 6.01. The molecule has 3 nitrogen and oxygen atoms in total. The van der Waals surface area contributed by atoms with Crippen LogP contribution in [-0.4, -0.2) is 11.4 Å². The Morgan fingerprint density at radius 2 is 1.89 bits per heavy atom. The summed E-state index contributed by atoms with van der Waals surface area (Å²) < 4.78 is 0. The fraction of sp³-hybridized carbons (Fsp3) is 0.533. The van der Waals surface area contributed by atoms with Gasteiger partial charge in [-0.3, -0.25) is 4.79 Å². The van der Waals surface area contributed by atoms with E-state index in [1.807, 2.05) is 31.2 Å². The number of hydrogen-bond donors (Lipinski definition) is 2. The van der Waals surface area contributed by atoms with E-state index >= 15 is 0 Å². The number of carbonyl (C=O) groups excluding carboxylic acids is 1. The number of rotatable bonds is 5. The summed E-state index contributed by atoms with van der Waals surface area (Å²) in [5, 5.41) is 2.87. The fourth-order valence-corrected chi connectivity index (χ4v) is 1.86. The molecule has 1 unspecified atom stereocenters. The fourth-order valence-electron chi connectivity index (χ4n) is 1.86. The molecule has 1 amide bonds. The summed E-state index contributed by atoms with van der Waals surface area (Å²) in [5.41, 5.74) is 7.25. The third-order valence-electron chi connectivity index (χ3n) is 3.12. The molecule has 1 atom stereocenters. The third-order valence-corrected chi connectivity index (χ3v) is 3.12. The predicted molar refractivity (Wildman–Crippen MR) is 76.7 cm³/mol. The molecule has 0 aromatic heterocycles. The lowest BCUT2D eigenvalue weighted by molar-refractivity contribution is -0.120. The van der Waals surface area contributed by atoms with Crippen molar-refractivity contribution in [2.75, 3.05) is 5.32 Å². The first-order valence-corrected chi connectivity index (χ1v) is 6.57. The Labute approximate surface area is 110 Å². The SMILES string of the molecule is CCCC(C)(N)C(=O)Nc1ccc(C(C)C)cc1. The lowest BCUT2D eigenvalue weighted by atomic mass is 9.96. The van der Waals surface area contributed by atoms with Crippen molar-refractivity contribution in [3.8, 4) is 0 Å². The molecule has 0 radical (unpaired) electrons. The lowest BCUT2D eigenvalue weighted by Gasteiger charge is -2.23. The van der Waals surface area contributed by atoms with Gasteiger partial charge in [-0.1, -0.05) is 39.3 Å². The zero-order valence-electron chi connectivity index (χ0n) is 11.8. The van der Waals surface area contributed by atoms with Crippen molar-refractivity contribution in [3.63, 3.8) is 0 Å². The van der Waals surface area contributed by atoms with Crippen molar-refractivity contribution in [1.29, 1.82) is 0 Å². The first-order valence-electron chi connectivity index (χ1n) is 6.57. The molecule has 0 spiro atoms. The first-order chi connectivity index (χ1) is 8.36. The minimum Gasteiger partial charge on any atom is -0.325 e. The van der Waals surface area contributed by atoms with Crippen LogP contribution in [0.4, 0.5) is 5.69 Å². The molecule has 0 aliphatic rings. The average Bonchev–Trinajstić information content (AvgIpc) is 2.29. The maximum absolute atomic E-state index is 12.0. The monoisotopic (exact) mass is 248 g/mol. The third kappa shape index (κ3) is 3.84. The molecule has 0 heterocycles. The number of amides is 1. The molecule has 0 saturated heterocycles. The van der Waals surface area contributed by atoms with Crippen molar-refractivity contribution in [2.24, 2.45) is 5.73 Å². The van der Waals surface area contributed by atoms with Gasteiger partial charge in [0.15, 0.2) is 0 Å². The molecule has 0 aliphatic carbocycles. The van der Waals surface area contributed by atoms with Crippen LogP contribution in [0.15, 0.2) is 24.3 Å². The number of anilines is 1. The predicted octanol–water partition coefficient (Wildman–Crippen LogP) is 3.27. The molecule has 0 aliphatic heterocycles. The summed E-state index contributed by atoms with van der Waals surface area (Å²) in [5.74, 6) is 0.372. The second-order valence-electron chi connectivity index (χ2n) is 5.40. The van der Waals surface area contributed by atoms with E-state index in [9.17, 15) is 4.79 Å². The number of hydrogen-bond acceptors (Lipinski definition) is 2. The van der Waals surface area contributed by atoms with Crippen LogP contribution in [0.2, 0.25) is 0 Å². The van der Waals surface area contributed by atoms with Gasteiger partial charge in [-0.25, -0.2) is 0 Å². The summed E-state index contributed by atoms with van der Waals surface area (Å²) in [4.78, 5) is 12.0. The van der Waals surface area contributed by atoms with Crippen LogP contribution in [0.5, 0.6) is 0 Å². The standard InChI is InChI=1S/C15H24N2O/c1-5-10-15(4,16)14(18)17-13-8-6-12(7-9-13)11(2)3/h6-9,11H,5,10,16H2,1-4H3,(H,17,18). The molecule has 3 heteroatoms. The Bertz CT molecular complexity index is 393. The first kappa shape index (κ1) is 14.7. The highest BCUT2D eigenvalue weighted by Gasteiger charge is 2.26. The molecular formula is C15H24N2O. The highest BCUT2D eigenvalue weighted by Crippen LogP contribution is 2.18. The van der Waals surface area contributed by atoms with Crippen molar-refractivity contribution in [2.45, 2.75) is 52.0 Å². The Morgan fingerprint density at radius 3 is 2.33 bits per heavy atom. The molecule has 18 heavy (non-hydrogen) atoms. The van der Waals surface area contributed by atoms with Gasteiger partial charge in [-0.15, -0.1) is 0 Å². The molecule has 1 rings (SSSR count). The zero-order chi connectivity index (χ0) is 13.8. The van der Waals surface area contributed by atoms with Crippen molar-refractivity contribution in [1.82, 2.24) is 0 Å². The van der Waals surface area contributed by atoms with Crippen LogP contribution in [0.1, 0.15) is 52.0 Å². The highest BCUT2D eigenvalue weighted by molar-refractivity contribution is 5.97. The lowest BCUT2D eigenvalue weighted by Crippen LogP contribution is -2.48. The van der Waals surface area contributed by atoms with E-state index in [2.05, 4.69) is 19.2 Å². The van der Waals surface area contributed by atoms with Crippen molar-refractivity contribution < 1.29 is 4.79 Å². The quantitative estimate of drug-likeness (QED) is 0.840. The Morgan fingerprint density at radius 1 is 1.33 bits per heavy atom. The van der Waals surface area contributed by atoms with Crippen LogP contribution in [-0.2, 0) is 4.79 Å².